The fourth-order valence-corrected chi connectivity index (χ4v) is 2.73. The second-order valence-electron chi connectivity index (χ2n) is 6.23. The Hall–Kier alpha value is -2.11. The molecule has 3 rings (SSSR count). The number of benzene rings is 1. The van der Waals surface area contributed by atoms with Gasteiger partial charge in [-0.1, -0.05) is 26.3 Å². The van der Waals surface area contributed by atoms with Crippen molar-refractivity contribution < 1.29 is 9.53 Å². The van der Waals surface area contributed by atoms with Crippen LogP contribution in [-0.4, -0.2) is 23.5 Å². The number of ether oxygens (including phenoxy) is 1. The monoisotopic (exact) mass is 361 g/mol. The number of rotatable bonds is 5. The van der Waals surface area contributed by atoms with Gasteiger partial charge >= 0.3 is 0 Å². The maximum atomic E-state index is 12.2. The molecule has 3 N–H and O–H groups in total. The summed E-state index contributed by atoms with van der Waals surface area (Å²) in [7, 11) is 0. The number of pyridine rings is 1. The molecule has 0 aliphatic carbocycles. The lowest BCUT2D eigenvalue weighted by molar-refractivity contribution is -0.118. The molecule has 2 heterocycles. The first kappa shape index (κ1) is 19.2. The molecule has 5 nitrogen and oxygen atoms in total. The maximum absolute atomic E-state index is 12.2. The minimum absolute atomic E-state index is 0. The molecule has 134 valence electrons. The van der Waals surface area contributed by atoms with E-state index in [1.165, 1.54) is 5.56 Å². The van der Waals surface area contributed by atoms with Gasteiger partial charge in [0, 0.05) is 12.0 Å². The third-order valence-electron chi connectivity index (χ3n) is 4.55. The first-order valence-electron chi connectivity index (χ1n) is 8.38. The SMILES string of the molecule is CCC(C)C(N)C(=O)Nc1cccc(-c2ccc3c(c2)CCO3)n1.Cl. The predicted molar refractivity (Wildman–Crippen MR) is 102 cm³/mol. The summed E-state index contributed by atoms with van der Waals surface area (Å²) in [6, 6.07) is 11.1. The standard InChI is InChI=1S/C19H23N3O2.ClH/c1-3-12(2)18(20)19(23)22-17-6-4-5-15(21-17)13-7-8-16-14(11-13)9-10-24-16;/h4-8,11-12,18H,3,9-10,20H2,1-2H3,(H,21,22,23);1H. The van der Waals surface area contributed by atoms with E-state index >= 15 is 0 Å². The summed E-state index contributed by atoms with van der Waals surface area (Å²) in [5, 5.41) is 2.82. The number of aromatic nitrogens is 1. The van der Waals surface area contributed by atoms with E-state index in [0.29, 0.717) is 5.82 Å². The minimum atomic E-state index is -0.530. The van der Waals surface area contributed by atoms with Crippen molar-refractivity contribution in [1.82, 2.24) is 4.98 Å². The molecule has 1 amide bonds. The highest BCUT2D eigenvalue weighted by Crippen LogP contribution is 2.30. The van der Waals surface area contributed by atoms with E-state index in [0.717, 1.165) is 36.5 Å². The summed E-state index contributed by atoms with van der Waals surface area (Å²) in [6.07, 6.45) is 1.78. The van der Waals surface area contributed by atoms with Gasteiger partial charge in [0.25, 0.3) is 0 Å². The smallest absolute Gasteiger partial charge is 0.242 e. The predicted octanol–water partition coefficient (Wildman–Crippen LogP) is 3.42. The number of carbonyl (C=O) groups is 1. The van der Waals surface area contributed by atoms with E-state index in [9.17, 15) is 4.79 Å². The molecule has 0 saturated heterocycles. The molecule has 0 saturated carbocycles. The number of halogens is 1. The third kappa shape index (κ3) is 4.30. The fraction of sp³-hybridized carbons (Fsp3) is 0.368. The number of anilines is 1. The molecule has 1 aromatic carbocycles. The van der Waals surface area contributed by atoms with E-state index < -0.39 is 6.04 Å². The van der Waals surface area contributed by atoms with Crippen LogP contribution in [0.25, 0.3) is 11.3 Å². The summed E-state index contributed by atoms with van der Waals surface area (Å²) in [5.41, 5.74) is 9.01. The Balaban J connectivity index is 0.00000225. The zero-order chi connectivity index (χ0) is 17.1. The quantitative estimate of drug-likeness (QED) is 0.855. The maximum Gasteiger partial charge on any atom is 0.242 e. The van der Waals surface area contributed by atoms with Gasteiger partial charge in [0.2, 0.25) is 5.91 Å². The zero-order valence-electron chi connectivity index (χ0n) is 14.5. The van der Waals surface area contributed by atoms with Crippen LogP contribution < -0.4 is 15.8 Å². The van der Waals surface area contributed by atoms with Crippen molar-refractivity contribution in [2.45, 2.75) is 32.7 Å². The van der Waals surface area contributed by atoms with Crippen LogP contribution in [0.15, 0.2) is 36.4 Å². The minimum Gasteiger partial charge on any atom is -0.493 e. The van der Waals surface area contributed by atoms with Crippen LogP contribution >= 0.6 is 12.4 Å². The average molecular weight is 362 g/mol. The summed E-state index contributed by atoms with van der Waals surface area (Å²) < 4.78 is 5.53. The summed E-state index contributed by atoms with van der Waals surface area (Å²) >= 11 is 0. The molecule has 6 heteroatoms. The lowest BCUT2D eigenvalue weighted by Gasteiger charge is -2.17. The van der Waals surface area contributed by atoms with Crippen LogP contribution in [0.2, 0.25) is 0 Å². The Morgan fingerprint density at radius 3 is 2.92 bits per heavy atom. The highest BCUT2D eigenvalue weighted by Gasteiger charge is 2.20. The van der Waals surface area contributed by atoms with Gasteiger partial charge in [0.05, 0.1) is 18.3 Å². The zero-order valence-corrected chi connectivity index (χ0v) is 15.3. The van der Waals surface area contributed by atoms with Crippen molar-refractivity contribution in [3.63, 3.8) is 0 Å². The van der Waals surface area contributed by atoms with Crippen LogP contribution in [-0.2, 0) is 11.2 Å². The van der Waals surface area contributed by atoms with Gasteiger partial charge in [0.15, 0.2) is 0 Å². The topological polar surface area (TPSA) is 77.2 Å². The molecule has 1 aliphatic rings. The van der Waals surface area contributed by atoms with Crippen molar-refractivity contribution in [2.24, 2.45) is 11.7 Å². The van der Waals surface area contributed by atoms with Crippen molar-refractivity contribution in [3.05, 3.63) is 42.0 Å². The van der Waals surface area contributed by atoms with Crippen molar-refractivity contribution in [1.29, 1.82) is 0 Å². The molecule has 2 atom stereocenters. The number of amides is 1. The van der Waals surface area contributed by atoms with Gasteiger partial charge in [-0.3, -0.25) is 4.79 Å². The number of nitrogens with zero attached hydrogens (tertiary/aromatic N) is 1. The Kier molecular flexibility index (Phi) is 6.39. The lowest BCUT2D eigenvalue weighted by Crippen LogP contribution is -2.40. The summed E-state index contributed by atoms with van der Waals surface area (Å²) in [6.45, 7) is 4.73. The molecule has 1 aromatic heterocycles. The first-order chi connectivity index (χ1) is 11.6. The van der Waals surface area contributed by atoms with Crippen LogP contribution in [0.1, 0.15) is 25.8 Å². The highest BCUT2D eigenvalue weighted by molar-refractivity contribution is 5.94. The van der Waals surface area contributed by atoms with E-state index in [4.69, 9.17) is 10.5 Å². The number of fused-ring (bicyclic) bond motifs is 1. The van der Waals surface area contributed by atoms with E-state index in [1.54, 1.807) is 6.07 Å². The van der Waals surface area contributed by atoms with Gasteiger partial charge in [-0.05, 0) is 41.8 Å². The molecule has 0 bridgehead atoms. The van der Waals surface area contributed by atoms with Crippen molar-refractivity contribution >= 4 is 24.1 Å². The highest BCUT2D eigenvalue weighted by atomic mass is 35.5. The van der Waals surface area contributed by atoms with Gasteiger partial charge in [-0.25, -0.2) is 4.98 Å². The van der Waals surface area contributed by atoms with Crippen molar-refractivity contribution in [3.8, 4) is 17.0 Å². The molecular weight excluding hydrogens is 338 g/mol. The van der Waals surface area contributed by atoms with Gasteiger partial charge in [-0.15, -0.1) is 12.4 Å². The normalized spacial score (nSPS) is 14.7. The molecular formula is C19H24ClN3O2. The number of hydrogen-bond donors (Lipinski definition) is 2. The fourth-order valence-electron chi connectivity index (χ4n) is 2.73. The van der Waals surface area contributed by atoms with E-state index in [-0.39, 0.29) is 24.2 Å². The lowest BCUT2D eigenvalue weighted by atomic mass is 9.99. The number of hydrogen-bond acceptors (Lipinski definition) is 4. The largest absolute Gasteiger partial charge is 0.493 e. The van der Waals surface area contributed by atoms with Crippen LogP contribution in [0.3, 0.4) is 0 Å². The molecule has 2 aromatic rings. The molecule has 0 spiro atoms. The van der Waals surface area contributed by atoms with Crippen LogP contribution in [0.5, 0.6) is 5.75 Å². The number of nitrogens with one attached hydrogen (secondary N) is 1. The Morgan fingerprint density at radius 2 is 2.16 bits per heavy atom. The number of nitrogens with two attached hydrogens (primary N) is 1. The van der Waals surface area contributed by atoms with Gasteiger partial charge in [-0.2, -0.15) is 0 Å². The molecule has 25 heavy (non-hydrogen) atoms. The van der Waals surface area contributed by atoms with Gasteiger partial charge in [0.1, 0.15) is 11.6 Å². The summed E-state index contributed by atoms with van der Waals surface area (Å²) in [5.74, 6) is 1.40. The average Bonchev–Trinajstić information content (AvgIpc) is 3.08. The summed E-state index contributed by atoms with van der Waals surface area (Å²) in [4.78, 5) is 16.8. The molecule has 2 unspecified atom stereocenters. The molecule has 0 radical (unpaired) electrons. The Labute approximate surface area is 154 Å². The molecule has 0 fully saturated rings. The van der Waals surface area contributed by atoms with E-state index in [1.807, 2.05) is 38.1 Å². The van der Waals surface area contributed by atoms with Crippen LogP contribution in [0.4, 0.5) is 5.82 Å². The van der Waals surface area contributed by atoms with E-state index in [2.05, 4.69) is 16.4 Å². The second kappa shape index (κ2) is 8.32. The third-order valence-corrected chi connectivity index (χ3v) is 4.55. The van der Waals surface area contributed by atoms with Crippen LogP contribution in [0, 0.1) is 5.92 Å². The molecule has 1 aliphatic heterocycles. The second-order valence-corrected chi connectivity index (χ2v) is 6.23. The number of carbonyl (C=O) groups excluding carboxylic acids is 1. The van der Waals surface area contributed by atoms with Crippen molar-refractivity contribution in [2.75, 3.05) is 11.9 Å². The van der Waals surface area contributed by atoms with Gasteiger partial charge < -0.3 is 15.8 Å². The first-order valence-corrected chi connectivity index (χ1v) is 8.38. The Bertz CT molecular complexity index is 751. The Morgan fingerprint density at radius 1 is 1.36 bits per heavy atom.